The minimum atomic E-state index is -4.25. The van der Waals surface area contributed by atoms with Gasteiger partial charge in [-0.1, -0.05) is 0 Å². The van der Waals surface area contributed by atoms with E-state index in [0.717, 1.165) is 30.9 Å². The van der Waals surface area contributed by atoms with E-state index in [-0.39, 0.29) is 0 Å². The summed E-state index contributed by atoms with van der Waals surface area (Å²) in [5.74, 6) is 0. The van der Waals surface area contributed by atoms with Crippen LogP contribution in [0, 0.1) is 0 Å². The van der Waals surface area contributed by atoms with Crippen LogP contribution >= 0.6 is 0 Å². The highest BCUT2D eigenvalue weighted by atomic mass is 19.4. The molecular weight excluding hydrogens is 217 g/mol. The van der Waals surface area contributed by atoms with Gasteiger partial charge in [0.1, 0.15) is 0 Å². The fraction of sp³-hybridized carbons (Fsp3) is 0.455. The summed E-state index contributed by atoms with van der Waals surface area (Å²) in [5.41, 5.74) is 0.251. The molecule has 0 unspecified atom stereocenters. The molecule has 16 heavy (non-hydrogen) atoms. The largest absolute Gasteiger partial charge is 0.416 e. The zero-order chi connectivity index (χ0) is 11.8. The topological polar surface area (TPSA) is 15.3 Å². The van der Waals surface area contributed by atoms with Crippen molar-refractivity contribution in [1.29, 1.82) is 0 Å². The number of hydrogen-bond donors (Lipinski definition) is 1. The Morgan fingerprint density at radius 1 is 1.19 bits per heavy atom. The molecule has 1 N–H and O–H groups in total. The molecular formula is C11H13F3N2. The van der Waals surface area contributed by atoms with Crippen LogP contribution in [0.4, 0.5) is 18.9 Å². The zero-order valence-electron chi connectivity index (χ0n) is 8.88. The zero-order valence-corrected chi connectivity index (χ0v) is 8.88. The predicted molar refractivity (Wildman–Crippen MR) is 56.5 cm³/mol. The fourth-order valence-electron chi connectivity index (χ4n) is 1.73. The predicted octanol–water partition coefficient (Wildman–Crippen LogP) is 2.11. The number of hydrogen-bond acceptors (Lipinski definition) is 2. The molecule has 88 valence electrons. The van der Waals surface area contributed by atoms with E-state index in [9.17, 15) is 13.2 Å². The summed E-state index contributed by atoms with van der Waals surface area (Å²) in [6, 6.07) is 5.75. The highest BCUT2D eigenvalue weighted by Crippen LogP contribution is 2.31. The van der Waals surface area contributed by atoms with Crippen LogP contribution in [-0.2, 0) is 6.18 Å². The van der Waals surface area contributed by atoms with E-state index in [1.165, 1.54) is 12.1 Å². The molecule has 1 fully saturated rings. The summed E-state index contributed by atoms with van der Waals surface area (Å²) in [7, 11) is 1.88. The summed E-state index contributed by atoms with van der Waals surface area (Å²) in [6.07, 6.45) is -4.25. The van der Waals surface area contributed by atoms with Crippen molar-refractivity contribution in [3.63, 3.8) is 0 Å². The van der Waals surface area contributed by atoms with Gasteiger partial charge in [0.05, 0.1) is 5.56 Å². The van der Waals surface area contributed by atoms with E-state index in [2.05, 4.69) is 5.32 Å². The number of halogens is 3. The highest BCUT2D eigenvalue weighted by molar-refractivity contribution is 5.50. The van der Waals surface area contributed by atoms with Crippen molar-refractivity contribution in [2.24, 2.45) is 0 Å². The lowest BCUT2D eigenvalue weighted by molar-refractivity contribution is -0.137. The lowest BCUT2D eigenvalue weighted by atomic mass is 10.1. The van der Waals surface area contributed by atoms with Crippen molar-refractivity contribution in [3.05, 3.63) is 29.8 Å². The van der Waals surface area contributed by atoms with E-state index in [1.807, 2.05) is 11.9 Å². The number of nitrogens with one attached hydrogen (secondary N) is 1. The Balaban J connectivity index is 2.04. The van der Waals surface area contributed by atoms with Gasteiger partial charge in [-0.05, 0) is 31.3 Å². The Morgan fingerprint density at radius 3 is 2.19 bits per heavy atom. The van der Waals surface area contributed by atoms with Gasteiger partial charge in [0.2, 0.25) is 0 Å². The first kappa shape index (κ1) is 11.3. The smallest absolute Gasteiger partial charge is 0.368 e. The summed E-state index contributed by atoms with van der Waals surface area (Å²) in [6.45, 7) is 1.70. The maximum atomic E-state index is 12.3. The first-order valence-corrected chi connectivity index (χ1v) is 5.10. The first-order valence-electron chi connectivity index (χ1n) is 5.10. The molecule has 1 aromatic carbocycles. The van der Waals surface area contributed by atoms with E-state index in [1.54, 1.807) is 0 Å². The summed E-state index contributed by atoms with van der Waals surface area (Å²) in [4.78, 5) is 2.04. The Hall–Kier alpha value is -1.23. The molecule has 5 heteroatoms. The van der Waals surface area contributed by atoms with E-state index in [4.69, 9.17) is 0 Å². The van der Waals surface area contributed by atoms with Crippen molar-refractivity contribution in [2.75, 3.05) is 25.0 Å². The molecule has 0 amide bonds. The first-order chi connectivity index (χ1) is 7.50. The normalized spacial score (nSPS) is 17.4. The molecule has 2 nitrogen and oxygen atoms in total. The van der Waals surface area contributed by atoms with E-state index < -0.39 is 11.7 Å². The second-order valence-corrected chi connectivity index (χ2v) is 3.94. The van der Waals surface area contributed by atoms with Crippen LogP contribution in [0.3, 0.4) is 0 Å². The van der Waals surface area contributed by atoms with Gasteiger partial charge >= 0.3 is 6.18 Å². The molecule has 0 spiro atoms. The third-order valence-corrected chi connectivity index (χ3v) is 2.85. The number of alkyl halides is 3. The van der Waals surface area contributed by atoms with Gasteiger partial charge < -0.3 is 10.2 Å². The standard InChI is InChI=1S/C11H13F3N2/c1-15-9-6-16(7-9)10-4-2-8(3-5-10)11(12,13)14/h2-5,9,15H,6-7H2,1H3. The third-order valence-electron chi connectivity index (χ3n) is 2.85. The number of anilines is 1. The fourth-order valence-corrected chi connectivity index (χ4v) is 1.73. The third kappa shape index (κ3) is 2.14. The Kier molecular flexibility index (Phi) is 2.80. The lowest BCUT2D eigenvalue weighted by Gasteiger charge is -2.40. The number of rotatable bonds is 2. The molecule has 1 saturated heterocycles. The van der Waals surface area contributed by atoms with Crippen LogP contribution in [0.2, 0.25) is 0 Å². The van der Waals surface area contributed by atoms with E-state index >= 15 is 0 Å². The molecule has 0 bridgehead atoms. The molecule has 1 aliphatic rings. The van der Waals surface area contributed by atoms with Crippen LogP contribution in [0.5, 0.6) is 0 Å². The van der Waals surface area contributed by atoms with Crippen LogP contribution < -0.4 is 10.2 Å². The van der Waals surface area contributed by atoms with Crippen LogP contribution in [0.25, 0.3) is 0 Å². The van der Waals surface area contributed by atoms with Gasteiger partial charge in [0.25, 0.3) is 0 Å². The minimum Gasteiger partial charge on any atom is -0.368 e. The maximum absolute atomic E-state index is 12.3. The average molecular weight is 230 g/mol. The van der Waals surface area contributed by atoms with Crippen LogP contribution in [-0.4, -0.2) is 26.2 Å². The number of likely N-dealkylation sites (N-methyl/N-ethyl adjacent to an activating group) is 1. The minimum absolute atomic E-state index is 0.447. The molecule has 2 rings (SSSR count). The van der Waals surface area contributed by atoms with Gasteiger partial charge in [-0.25, -0.2) is 0 Å². The van der Waals surface area contributed by atoms with Crippen molar-refractivity contribution in [2.45, 2.75) is 12.2 Å². The van der Waals surface area contributed by atoms with Crippen molar-refractivity contribution in [1.82, 2.24) is 5.32 Å². The average Bonchev–Trinajstić information content (AvgIpc) is 2.15. The van der Waals surface area contributed by atoms with Gasteiger partial charge in [-0.2, -0.15) is 13.2 Å². The lowest BCUT2D eigenvalue weighted by Crippen LogP contribution is -2.57. The van der Waals surface area contributed by atoms with Gasteiger partial charge in [-0.3, -0.25) is 0 Å². The Labute approximate surface area is 92.1 Å². The second kappa shape index (κ2) is 3.97. The van der Waals surface area contributed by atoms with Gasteiger partial charge in [0, 0.05) is 24.8 Å². The summed E-state index contributed by atoms with van der Waals surface area (Å²) >= 11 is 0. The number of benzene rings is 1. The molecule has 0 radical (unpaired) electrons. The van der Waals surface area contributed by atoms with Crippen molar-refractivity contribution < 1.29 is 13.2 Å². The van der Waals surface area contributed by atoms with E-state index in [0.29, 0.717) is 6.04 Å². The molecule has 1 heterocycles. The molecule has 0 saturated carbocycles. The maximum Gasteiger partial charge on any atom is 0.416 e. The highest BCUT2D eigenvalue weighted by Gasteiger charge is 2.31. The van der Waals surface area contributed by atoms with Gasteiger partial charge in [-0.15, -0.1) is 0 Å². The van der Waals surface area contributed by atoms with Crippen LogP contribution in [0.1, 0.15) is 5.56 Å². The summed E-state index contributed by atoms with van der Waals surface area (Å²) < 4.78 is 36.9. The molecule has 0 atom stereocenters. The number of nitrogens with zero attached hydrogens (tertiary/aromatic N) is 1. The molecule has 0 aliphatic carbocycles. The Morgan fingerprint density at radius 2 is 1.75 bits per heavy atom. The second-order valence-electron chi connectivity index (χ2n) is 3.94. The molecule has 0 aromatic heterocycles. The van der Waals surface area contributed by atoms with Crippen molar-refractivity contribution >= 4 is 5.69 Å². The molecule has 1 aromatic rings. The summed E-state index contributed by atoms with van der Waals surface area (Å²) in [5, 5.41) is 3.12. The molecule has 1 aliphatic heterocycles. The SMILES string of the molecule is CNC1CN(c2ccc(C(F)(F)F)cc2)C1. The monoisotopic (exact) mass is 230 g/mol. The Bertz CT molecular complexity index is 352. The van der Waals surface area contributed by atoms with Gasteiger partial charge in [0.15, 0.2) is 0 Å². The quantitative estimate of drug-likeness (QED) is 0.837. The van der Waals surface area contributed by atoms with Crippen LogP contribution in [0.15, 0.2) is 24.3 Å². The van der Waals surface area contributed by atoms with Crippen molar-refractivity contribution in [3.8, 4) is 0 Å².